The van der Waals surface area contributed by atoms with Gasteiger partial charge in [-0.1, -0.05) is 19.3 Å². The highest BCUT2D eigenvalue weighted by atomic mass is 32.2. The summed E-state index contributed by atoms with van der Waals surface area (Å²) in [5.41, 5.74) is 2.79. The largest absolute Gasteiger partial charge is 0.374 e. The van der Waals surface area contributed by atoms with Gasteiger partial charge in [0, 0.05) is 12.9 Å². The van der Waals surface area contributed by atoms with Crippen LogP contribution in [0.1, 0.15) is 58.3 Å². The van der Waals surface area contributed by atoms with Crippen LogP contribution in [0, 0.1) is 5.92 Å². The number of rotatable bonds is 6. The summed E-state index contributed by atoms with van der Waals surface area (Å²) in [5, 5.41) is -0.216. The van der Waals surface area contributed by atoms with Crippen LogP contribution in [0.5, 0.6) is 0 Å². The minimum Gasteiger partial charge on any atom is -0.374 e. The van der Waals surface area contributed by atoms with Gasteiger partial charge in [0.15, 0.2) is 0 Å². The van der Waals surface area contributed by atoms with Crippen LogP contribution in [0.25, 0.3) is 0 Å². The van der Waals surface area contributed by atoms with E-state index >= 15 is 0 Å². The average Bonchev–Trinajstić information content (AvgIpc) is 2.89. The maximum absolute atomic E-state index is 11.9. The molecule has 0 aromatic rings. The van der Waals surface area contributed by atoms with Crippen LogP contribution in [-0.4, -0.2) is 38.2 Å². The van der Waals surface area contributed by atoms with Gasteiger partial charge in [-0.3, -0.25) is 11.3 Å². The smallest absolute Gasteiger partial charge is 0.150 e. The molecule has 2 aliphatic carbocycles. The molecule has 0 aromatic heterocycles. The summed E-state index contributed by atoms with van der Waals surface area (Å²) in [6.45, 7) is 2.70. The summed E-state index contributed by atoms with van der Waals surface area (Å²) in [7, 11) is -2.97. The van der Waals surface area contributed by atoms with Crippen molar-refractivity contribution in [1.29, 1.82) is 0 Å². The normalized spacial score (nSPS) is 31.2. The first-order valence-electron chi connectivity index (χ1n) is 8.22. The van der Waals surface area contributed by atoms with Gasteiger partial charge in [0.2, 0.25) is 0 Å². The molecule has 5 nitrogen and oxygen atoms in total. The first-order chi connectivity index (χ1) is 9.93. The topological polar surface area (TPSA) is 81.4 Å². The summed E-state index contributed by atoms with van der Waals surface area (Å²) in [6.07, 6.45) is 9.24. The molecular formula is C15H30N2O3S. The third-order valence-electron chi connectivity index (χ3n) is 5.37. The van der Waals surface area contributed by atoms with E-state index in [0.717, 1.165) is 32.1 Å². The summed E-state index contributed by atoms with van der Waals surface area (Å²) < 4.78 is 29.9. The summed E-state index contributed by atoms with van der Waals surface area (Å²) in [5.74, 6) is 6.16. The molecule has 3 N–H and O–H groups in total. The fourth-order valence-electron chi connectivity index (χ4n) is 4.40. The van der Waals surface area contributed by atoms with Gasteiger partial charge in [0.05, 0.1) is 16.9 Å². The molecule has 2 saturated carbocycles. The third-order valence-corrected chi connectivity index (χ3v) is 7.01. The molecular weight excluding hydrogens is 288 g/mol. The van der Waals surface area contributed by atoms with Crippen LogP contribution in [0.15, 0.2) is 0 Å². The molecule has 0 radical (unpaired) electrons. The fourth-order valence-corrected chi connectivity index (χ4v) is 5.59. The lowest BCUT2D eigenvalue weighted by Crippen LogP contribution is -2.58. The molecule has 2 aliphatic rings. The van der Waals surface area contributed by atoms with Gasteiger partial charge in [-0.2, -0.15) is 0 Å². The van der Waals surface area contributed by atoms with Gasteiger partial charge in [-0.25, -0.2) is 8.42 Å². The van der Waals surface area contributed by atoms with Gasteiger partial charge in [-0.15, -0.1) is 0 Å². The summed E-state index contributed by atoms with van der Waals surface area (Å²) in [4.78, 5) is 0. The second-order valence-electron chi connectivity index (χ2n) is 6.73. The molecule has 3 unspecified atom stereocenters. The van der Waals surface area contributed by atoms with Crippen molar-refractivity contribution in [2.75, 3.05) is 12.9 Å². The number of hydrogen-bond acceptors (Lipinski definition) is 5. The van der Waals surface area contributed by atoms with E-state index in [1.54, 1.807) is 0 Å². The van der Waals surface area contributed by atoms with E-state index in [0.29, 0.717) is 13.0 Å². The summed E-state index contributed by atoms with van der Waals surface area (Å²) in [6, 6.07) is 0.0597. The van der Waals surface area contributed by atoms with Crippen LogP contribution in [-0.2, 0) is 14.6 Å². The Morgan fingerprint density at radius 1 is 1.29 bits per heavy atom. The Morgan fingerprint density at radius 3 is 2.48 bits per heavy atom. The number of hydrazine groups is 1. The standard InChI is InChI=1S/C15H30N2O3S/c1-3-20-15(9-4-5-10-15)14(17-16)12-7-6-8-13(11-12)21(2,18)19/h12-14,17H,3-11,16H2,1-2H3. The van der Waals surface area contributed by atoms with E-state index in [1.807, 2.05) is 6.92 Å². The maximum Gasteiger partial charge on any atom is 0.150 e. The lowest BCUT2D eigenvalue weighted by Gasteiger charge is -2.43. The Kier molecular flexibility index (Phi) is 5.68. The molecule has 0 aliphatic heterocycles. The SMILES string of the molecule is CCOC1(C(NN)C2CCCC(S(C)(=O)=O)C2)CCCC1. The number of hydrogen-bond donors (Lipinski definition) is 2. The van der Waals surface area contributed by atoms with Crippen LogP contribution >= 0.6 is 0 Å². The van der Waals surface area contributed by atoms with Gasteiger partial charge in [-0.05, 0) is 44.9 Å². The van der Waals surface area contributed by atoms with Crippen LogP contribution < -0.4 is 11.3 Å². The van der Waals surface area contributed by atoms with Gasteiger partial charge in [0.25, 0.3) is 0 Å². The molecule has 3 atom stereocenters. The Hall–Kier alpha value is -0.170. The van der Waals surface area contributed by atoms with Crippen molar-refractivity contribution >= 4 is 9.84 Å². The van der Waals surface area contributed by atoms with Crippen molar-refractivity contribution in [1.82, 2.24) is 5.43 Å². The molecule has 2 fully saturated rings. The zero-order chi connectivity index (χ0) is 15.5. The van der Waals surface area contributed by atoms with E-state index in [1.165, 1.54) is 19.1 Å². The van der Waals surface area contributed by atoms with E-state index in [4.69, 9.17) is 10.6 Å². The lowest BCUT2D eigenvalue weighted by atomic mass is 9.75. The number of nitrogens with one attached hydrogen (secondary N) is 1. The summed E-state index contributed by atoms with van der Waals surface area (Å²) >= 11 is 0. The molecule has 21 heavy (non-hydrogen) atoms. The van der Waals surface area contributed by atoms with Gasteiger partial charge < -0.3 is 4.74 Å². The monoisotopic (exact) mass is 318 g/mol. The quantitative estimate of drug-likeness (QED) is 0.576. The molecule has 0 bridgehead atoms. The Labute approximate surface area is 128 Å². The molecule has 2 rings (SSSR count). The van der Waals surface area contributed by atoms with Crippen LogP contribution in [0.2, 0.25) is 0 Å². The number of sulfone groups is 1. The first-order valence-corrected chi connectivity index (χ1v) is 10.2. The van der Waals surface area contributed by atoms with Crippen molar-refractivity contribution in [2.45, 2.75) is 75.2 Å². The van der Waals surface area contributed by atoms with Crippen molar-refractivity contribution < 1.29 is 13.2 Å². The van der Waals surface area contributed by atoms with Crippen LogP contribution in [0.4, 0.5) is 0 Å². The average molecular weight is 318 g/mol. The highest BCUT2D eigenvalue weighted by molar-refractivity contribution is 7.91. The Morgan fingerprint density at radius 2 is 1.95 bits per heavy atom. The Balaban J connectivity index is 2.16. The molecule has 0 heterocycles. The minimum absolute atomic E-state index is 0.0597. The van der Waals surface area contributed by atoms with E-state index < -0.39 is 9.84 Å². The van der Waals surface area contributed by atoms with Crippen LogP contribution in [0.3, 0.4) is 0 Å². The second kappa shape index (κ2) is 6.94. The predicted molar refractivity (Wildman–Crippen MR) is 84.5 cm³/mol. The second-order valence-corrected chi connectivity index (χ2v) is 9.05. The lowest BCUT2D eigenvalue weighted by molar-refractivity contribution is -0.0788. The molecule has 0 aromatic carbocycles. The van der Waals surface area contributed by atoms with Gasteiger partial charge in [0.1, 0.15) is 9.84 Å². The predicted octanol–water partition coefficient (Wildman–Crippen LogP) is 1.77. The zero-order valence-electron chi connectivity index (χ0n) is 13.3. The van der Waals surface area contributed by atoms with E-state index in [9.17, 15) is 8.42 Å². The number of ether oxygens (including phenoxy) is 1. The molecule has 0 saturated heterocycles. The molecule has 0 spiro atoms. The van der Waals surface area contributed by atoms with Crippen molar-refractivity contribution in [2.24, 2.45) is 11.8 Å². The first kappa shape index (κ1) is 17.2. The molecule has 0 amide bonds. The minimum atomic E-state index is -2.97. The highest BCUT2D eigenvalue weighted by Gasteiger charge is 2.47. The molecule has 6 heteroatoms. The van der Waals surface area contributed by atoms with Crippen molar-refractivity contribution in [3.63, 3.8) is 0 Å². The number of nitrogens with two attached hydrogens (primary N) is 1. The molecule has 124 valence electrons. The van der Waals surface area contributed by atoms with E-state index in [-0.39, 0.29) is 22.8 Å². The Bertz CT molecular complexity index is 432. The van der Waals surface area contributed by atoms with Crippen molar-refractivity contribution in [3.05, 3.63) is 0 Å². The van der Waals surface area contributed by atoms with Crippen molar-refractivity contribution in [3.8, 4) is 0 Å². The zero-order valence-corrected chi connectivity index (χ0v) is 14.1. The highest BCUT2D eigenvalue weighted by Crippen LogP contribution is 2.42. The third kappa shape index (κ3) is 3.78. The maximum atomic E-state index is 11.9. The fraction of sp³-hybridized carbons (Fsp3) is 1.00. The van der Waals surface area contributed by atoms with E-state index in [2.05, 4.69) is 5.43 Å². The van der Waals surface area contributed by atoms with Gasteiger partial charge >= 0.3 is 0 Å².